The molecule has 1 aromatic heterocycles. The molecule has 13 heavy (non-hydrogen) atoms. The van der Waals surface area contributed by atoms with Crippen LogP contribution in [0.5, 0.6) is 0 Å². The van der Waals surface area contributed by atoms with Crippen LogP contribution < -0.4 is 0 Å². The Morgan fingerprint density at radius 3 is 2.85 bits per heavy atom. The molecule has 0 fully saturated rings. The number of carbonyl (C=O) groups is 1. The quantitative estimate of drug-likeness (QED) is 0.508. The van der Waals surface area contributed by atoms with E-state index >= 15 is 0 Å². The molecule has 0 amide bonds. The summed E-state index contributed by atoms with van der Waals surface area (Å²) in [5, 5.41) is 8.48. The molecular formula is C9H8N2NaO. The summed E-state index contributed by atoms with van der Waals surface area (Å²) >= 11 is 0. The van der Waals surface area contributed by atoms with E-state index < -0.39 is 5.92 Å². The molecule has 61 valence electrons. The van der Waals surface area contributed by atoms with Crippen LogP contribution in [-0.2, 0) is 11.2 Å². The minimum absolute atomic E-state index is 0. The van der Waals surface area contributed by atoms with Gasteiger partial charge in [0.25, 0.3) is 0 Å². The monoisotopic (exact) mass is 183 g/mol. The number of hydrogen-bond donors (Lipinski definition) is 0. The van der Waals surface area contributed by atoms with Gasteiger partial charge in [-0.1, -0.05) is 6.07 Å². The van der Waals surface area contributed by atoms with E-state index in [1.54, 1.807) is 18.3 Å². The maximum Gasteiger partial charge on any atom is 0.137 e. The second kappa shape index (κ2) is 6.79. The first-order valence-corrected chi connectivity index (χ1v) is 3.61. The van der Waals surface area contributed by atoms with Crippen molar-refractivity contribution in [2.45, 2.75) is 6.42 Å². The zero-order valence-electron chi connectivity index (χ0n) is 7.47. The first-order chi connectivity index (χ1) is 5.86. The number of hydrogen-bond acceptors (Lipinski definition) is 3. The van der Waals surface area contributed by atoms with Gasteiger partial charge in [-0.05, 0) is 12.1 Å². The van der Waals surface area contributed by atoms with E-state index in [1.807, 2.05) is 12.1 Å². The van der Waals surface area contributed by atoms with Crippen molar-refractivity contribution in [1.82, 2.24) is 4.98 Å². The number of carbonyl (C=O) groups excluding carboxylic acids is 1. The van der Waals surface area contributed by atoms with Gasteiger partial charge in [-0.2, -0.15) is 5.26 Å². The van der Waals surface area contributed by atoms with Crippen LogP contribution >= 0.6 is 0 Å². The molecule has 0 saturated heterocycles. The van der Waals surface area contributed by atoms with Gasteiger partial charge in [0.1, 0.15) is 12.2 Å². The number of rotatable bonds is 3. The normalized spacial score (nSPS) is 10.7. The second-order valence-electron chi connectivity index (χ2n) is 2.40. The standard InChI is InChI=1S/C9H8N2O.Na/c10-6-8(7-12)5-9-3-1-2-4-11-9;/h1-4,7-8H,5H2;. The van der Waals surface area contributed by atoms with Crippen LogP contribution in [0.2, 0.25) is 0 Å². The van der Waals surface area contributed by atoms with Crippen LogP contribution in [0.15, 0.2) is 24.4 Å². The zero-order valence-corrected chi connectivity index (χ0v) is 9.47. The molecule has 1 aromatic rings. The van der Waals surface area contributed by atoms with Crippen LogP contribution in [0.1, 0.15) is 5.69 Å². The van der Waals surface area contributed by atoms with Gasteiger partial charge in [0.15, 0.2) is 0 Å². The molecule has 0 aliphatic carbocycles. The maximum atomic E-state index is 10.3. The van der Waals surface area contributed by atoms with Crippen molar-refractivity contribution < 1.29 is 4.79 Å². The summed E-state index contributed by atoms with van der Waals surface area (Å²) in [6.07, 6.45) is 2.70. The van der Waals surface area contributed by atoms with Crippen LogP contribution in [0.4, 0.5) is 0 Å². The molecule has 1 rings (SSSR count). The van der Waals surface area contributed by atoms with Crippen molar-refractivity contribution in [2.75, 3.05) is 0 Å². The second-order valence-corrected chi connectivity index (χ2v) is 2.40. The number of pyridine rings is 1. The molecule has 0 bridgehead atoms. The van der Waals surface area contributed by atoms with E-state index in [0.29, 0.717) is 12.7 Å². The van der Waals surface area contributed by atoms with Crippen LogP contribution in [-0.4, -0.2) is 40.8 Å². The van der Waals surface area contributed by atoms with Crippen LogP contribution in [0, 0.1) is 17.2 Å². The van der Waals surface area contributed by atoms with Crippen LogP contribution in [0.3, 0.4) is 0 Å². The molecule has 0 spiro atoms. The molecule has 0 aliphatic rings. The molecule has 4 heteroatoms. The smallest absolute Gasteiger partial charge is 0.137 e. The number of nitrogens with zero attached hydrogens (tertiary/aromatic N) is 2. The van der Waals surface area contributed by atoms with Crippen molar-refractivity contribution in [3.8, 4) is 6.07 Å². The molecule has 1 unspecified atom stereocenters. The van der Waals surface area contributed by atoms with E-state index in [0.717, 1.165) is 5.69 Å². The Hall–Kier alpha value is -0.690. The van der Waals surface area contributed by atoms with E-state index in [9.17, 15) is 4.79 Å². The summed E-state index contributed by atoms with van der Waals surface area (Å²) in [6.45, 7) is 0. The summed E-state index contributed by atoms with van der Waals surface area (Å²) in [4.78, 5) is 14.3. The number of nitriles is 1. The Kier molecular flexibility index (Phi) is 6.43. The van der Waals surface area contributed by atoms with Gasteiger partial charge in [-0.15, -0.1) is 0 Å². The van der Waals surface area contributed by atoms with Crippen molar-refractivity contribution in [2.24, 2.45) is 5.92 Å². The Labute approximate surface area is 99.1 Å². The maximum absolute atomic E-state index is 10.3. The fourth-order valence-electron chi connectivity index (χ4n) is 0.868. The van der Waals surface area contributed by atoms with E-state index in [2.05, 4.69) is 4.98 Å². The van der Waals surface area contributed by atoms with E-state index in [4.69, 9.17) is 5.26 Å². The summed E-state index contributed by atoms with van der Waals surface area (Å²) in [7, 11) is 0. The van der Waals surface area contributed by atoms with Gasteiger partial charge in [0.2, 0.25) is 0 Å². The first-order valence-electron chi connectivity index (χ1n) is 3.61. The van der Waals surface area contributed by atoms with Gasteiger partial charge in [-0.3, -0.25) is 4.98 Å². The van der Waals surface area contributed by atoms with Gasteiger partial charge in [-0.25, -0.2) is 0 Å². The Morgan fingerprint density at radius 1 is 1.62 bits per heavy atom. The Balaban J connectivity index is 0.00000144. The molecule has 1 radical (unpaired) electrons. The molecule has 0 saturated carbocycles. The predicted molar refractivity (Wildman–Crippen MR) is 48.9 cm³/mol. The predicted octanol–water partition coefficient (Wildman–Crippen LogP) is 0.582. The average Bonchev–Trinajstić information content (AvgIpc) is 2.16. The minimum Gasteiger partial charge on any atom is -0.302 e. The third-order valence-electron chi connectivity index (χ3n) is 1.49. The molecule has 0 N–H and O–H groups in total. The molecule has 1 heterocycles. The topological polar surface area (TPSA) is 53.8 Å². The molecule has 0 aromatic carbocycles. The summed E-state index contributed by atoms with van der Waals surface area (Å²) in [5.41, 5.74) is 0.774. The largest absolute Gasteiger partial charge is 0.302 e. The summed E-state index contributed by atoms with van der Waals surface area (Å²) < 4.78 is 0. The fourth-order valence-corrected chi connectivity index (χ4v) is 0.868. The molecule has 3 nitrogen and oxygen atoms in total. The molecular weight excluding hydrogens is 175 g/mol. The van der Waals surface area contributed by atoms with Crippen LogP contribution in [0.25, 0.3) is 0 Å². The van der Waals surface area contributed by atoms with E-state index in [1.165, 1.54) is 0 Å². The van der Waals surface area contributed by atoms with E-state index in [-0.39, 0.29) is 29.6 Å². The minimum atomic E-state index is -0.570. The van der Waals surface area contributed by atoms with Gasteiger partial charge in [0.05, 0.1) is 6.07 Å². The SMILES string of the molecule is N#CC(C=O)Cc1ccccn1.[Na]. The Morgan fingerprint density at radius 2 is 2.38 bits per heavy atom. The first kappa shape index (κ1) is 12.3. The summed E-state index contributed by atoms with van der Waals surface area (Å²) in [5.74, 6) is -0.570. The Bertz CT molecular complexity index is 294. The van der Waals surface area contributed by atoms with Gasteiger partial charge in [0, 0.05) is 47.9 Å². The fraction of sp³-hybridized carbons (Fsp3) is 0.222. The molecule has 1 atom stereocenters. The summed E-state index contributed by atoms with van der Waals surface area (Å²) in [6, 6.07) is 7.32. The third-order valence-corrected chi connectivity index (χ3v) is 1.49. The third kappa shape index (κ3) is 4.18. The van der Waals surface area contributed by atoms with Crippen molar-refractivity contribution in [3.05, 3.63) is 30.1 Å². The van der Waals surface area contributed by atoms with Crippen molar-refractivity contribution >= 4 is 35.8 Å². The zero-order chi connectivity index (χ0) is 8.81. The van der Waals surface area contributed by atoms with Crippen molar-refractivity contribution in [3.63, 3.8) is 0 Å². The van der Waals surface area contributed by atoms with Gasteiger partial charge >= 0.3 is 0 Å². The van der Waals surface area contributed by atoms with Gasteiger partial charge < -0.3 is 4.79 Å². The number of aldehydes is 1. The average molecular weight is 183 g/mol. The van der Waals surface area contributed by atoms with Crippen molar-refractivity contribution in [1.29, 1.82) is 5.26 Å². The molecule has 0 aliphatic heterocycles. The number of aromatic nitrogens is 1.